The Morgan fingerprint density at radius 2 is 2.18 bits per heavy atom. The number of hydrogen-bond acceptors (Lipinski definition) is 13. The fraction of sp³-hybridized carbons (Fsp3) is 0.333. The number of anilines is 1. The highest BCUT2D eigenvalue weighted by molar-refractivity contribution is 8.00. The quantitative estimate of drug-likeness (QED) is 0.0907. The third-order valence-electron chi connectivity index (χ3n) is 6.48. The van der Waals surface area contributed by atoms with Crippen molar-refractivity contribution in [1.82, 2.24) is 24.9 Å². The third-order valence-corrected chi connectivity index (χ3v) is 8.88. The summed E-state index contributed by atoms with van der Waals surface area (Å²) in [6.45, 7) is 0. The van der Waals surface area contributed by atoms with Crippen molar-refractivity contribution in [2.24, 2.45) is 5.16 Å². The average Bonchev–Trinajstić information content (AvgIpc) is 3.56. The number of hydrogen-bond donors (Lipinski definition) is 5. The number of nitrogens with two attached hydrogens (primary N) is 2. The van der Waals surface area contributed by atoms with E-state index in [0.29, 0.717) is 29.8 Å². The van der Waals surface area contributed by atoms with Crippen LogP contribution >= 0.6 is 35.3 Å². The zero-order valence-electron chi connectivity index (χ0n) is 19.8. The van der Waals surface area contributed by atoms with Gasteiger partial charge in [0.25, 0.3) is 11.8 Å². The van der Waals surface area contributed by atoms with Crippen LogP contribution in [0, 0.1) is 5.41 Å². The maximum absolute atomic E-state index is 13.6. The Morgan fingerprint density at radius 3 is 2.82 bits per heavy atom. The van der Waals surface area contributed by atoms with E-state index >= 15 is 0 Å². The fourth-order valence-electron chi connectivity index (χ4n) is 4.81. The second-order valence-corrected chi connectivity index (χ2v) is 10.7. The Kier molecular flexibility index (Phi) is 6.44. The molecule has 198 valence electrons. The van der Waals surface area contributed by atoms with E-state index in [1.54, 1.807) is 0 Å². The summed E-state index contributed by atoms with van der Waals surface area (Å²) in [4.78, 5) is 53.5. The number of rotatable bonds is 7. The molecule has 1 saturated heterocycles. The summed E-state index contributed by atoms with van der Waals surface area (Å²) in [5, 5.41) is 26.7. The van der Waals surface area contributed by atoms with Crippen LogP contribution in [-0.2, 0) is 32.1 Å². The normalized spacial score (nSPS) is 22.4. The van der Waals surface area contributed by atoms with Crippen LogP contribution in [0.15, 0.2) is 16.2 Å². The van der Waals surface area contributed by atoms with Crippen LogP contribution in [0.4, 0.5) is 5.13 Å². The fourth-order valence-corrected chi connectivity index (χ4v) is 7.17. The van der Waals surface area contributed by atoms with Gasteiger partial charge in [-0.05, 0) is 24.8 Å². The second-order valence-electron chi connectivity index (χ2n) is 8.54. The smallest absolute Gasteiger partial charge is 0.353 e. The molecule has 5 rings (SSSR count). The van der Waals surface area contributed by atoms with Crippen molar-refractivity contribution in [2.75, 3.05) is 24.4 Å². The minimum Gasteiger partial charge on any atom is -0.477 e. The molecule has 2 aromatic rings. The molecule has 2 aliphatic heterocycles. The number of carboxylic acid groups (broad SMARTS) is 1. The van der Waals surface area contributed by atoms with E-state index in [1.165, 1.54) is 28.9 Å². The van der Waals surface area contributed by atoms with E-state index in [0.717, 1.165) is 33.6 Å². The molecule has 0 spiro atoms. The molecule has 0 bridgehead atoms. The van der Waals surface area contributed by atoms with Crippen molar-refractivity contribution < 1.29 is 24.3 Å². The molecule has 2 aromatic heterocycles. The van der Waals surface area contributed by atoms with Gasteiger partial charge in [0.1, 0.15) is 23.9 Å². The molecule has 2 atom stereocenters. The summed E-state index contributed by atoms with van der Waals surface area (Å²) in [6.07, 6.45) is 2.04. The summed E-state index contributed by atoms with van der Waals surface area (Å²) in [7, 11) is 1.25. The van der Waals surface area contributed by atoms with Gasteiger partial charge < -0.3 is 26.8 Å². The highest BCUT2D eigenvalue weighted by Gasteiger charge is 2.65. The number of thiocarbonyl (C=S) groups is 1. The molecule has 3 aliphatic rings. The number of nitrogen functional groups attached to an aromatic ring is 2. The maximum atomic E-state index is 13.6. The van der Waals surface area contributed by atoms with Crippen molar-refractivity contribution in [3.05, 3.63) is 39.3 Å². The third kappa shape index (κ3) is 3.76. The van der Waals surface area contributed by atoms with Gasteiger partial charge in [-0.25, -0.2) is 19.4 Å². The van der Waals surface area contributed by atoms with Crippen LogP contribution in [0.5, 0.6) is 0 Å². The lowest BCUT2D eigenvalue weighted by molar-refractivity contribution is -0.153. The van der Waals surface area contributed by atoms with Crippen molar-refractivity contribution in [2.45, 2.75) is 30.2 Å². The summed E-state index contributed by atoms with van der Waals surface area (Å²) >= 11 is 7.49. The van der Waals surface area contributed by atoms with Crippen LogP contribution in [0.2, 0.25) is 0 Å². The van der Waals surface area contributed by atoms with Crippen LogP contribution in [0.1, 0.15) is 29.1 Å². The molecule has 38 heavy (non-hydrogen) atoms. The number of fused-ring (bicyclic) bond motifs is 2. The lowest BCUT2D eigenvalue weighted by Gasteiger charge is -2.55. The molecule has 1 aliphatic carbocycles. The Labute approximate surface area is 228 Å². The number of β-lactam (4-membered cyclic amide) rings is 1. The van der Waals surface area contributed by atoms with Crippen molar-refractivity contribution >= 4 is 74.9 Å². The highest BCUT2D eigenvalue weighted by Crippen LogP contribution is 2.48. The zero-order valence-corrected chi connectivity index (χ0v) is 22.2. The molecule has 14 nitrogen and oxygen atoms in total. The van der Waals surface area contributed by atoms with E-state index in [-0.39, 0.29) is 33.6 Å². The predicted molar refractivity (Wildman–Crippen MR) is 143 cm³/mol. The molecular weight excluding hydrogens is 554 g/mol. The molecule has 0 aromatic carbocycles. The largest absolute Gasteiger partial charge is 0.477 e. The number of thioether (sulfide) groups is 1. The average molecular weight is 576 g/mol. The van der Waals surface area contributed by atoms with E-state index in [4.69, 9.17) is 34.0 Å². The summed E-state index contributed by atoms with van der Waals surface area (Å²) in [6, 6.07) is 0. The van der Waals surface area contributed by atoms with Gasteiger partial charge in [0, 0.05) is 27.8 Å². The summed E-state index contributed by atoms with van der Waals surface area (Å²) in [5.74, 6) is 3.26. The molecule has 1 fully saturated rings. The molecule has 1 unspecified atom stereocenters. The van der Waals surface area contributed by atoms with Crippen LogP contribution < -0.4 is 22.5 Å². The maximum Gasteiger partial charge on any atom is 0.353 e. The van der Waals surface area contributed by atoms with Crippen molar-refractivity contribution in [1.29, 1.82) is 5.41 Å². The Bertz CT molecular complexity index is 1530. The van der Waals surface area contributed by atoms with Gasteiger partial charge in [0.15, 0.2) is 16.4 Å². The first kappa shape index (κ1) is 25.8. The number of nitrogens with one attached hydrogen (secondary N) is 2. The van der Waals surface area contributed by atoms with Crippen LogP contribution in [0.25, 0.3) is 5.57 Å². The summed E-state index contributed by atoms with van der Waals surface area (Å²) < 4.78 is 1.20. The summed E-state index contributed by atoms with van der Waals surface area (Å²) in [5.41, 5.74) is 5.56. The second kappa shape index (κ2) is 9.48. The number of aromatic nitrogens is 3. The number of carbonyl (C=O) groups is 3. The molecule has 4 heterocycles. The van der Waals surface area contributed by atoms with Crippen molar-refractivity contribution in [3.8, 4) is 0 Å². The Balaban J connectivity index is 1.53. The van der Waals surface area contributed by atoms with Gasteiger partial charge in [-0.3, -0.25) is 19.9 Å². The predicted octanol–water partition coefficient (Wildman–Crippen LogP) is -0.780. The molecule has 7 N–H and O–H groups in total. The highest BCUT2D eigenvalue weighted by atomic mass is 32.2. The standard InChI is InChI=1S/C21H21N9O5S3/c1-35-28-13(10-6-38-20(23)25-10)15(31)27-21(7-36)17(34)29-14(16(32)33)9(5-37-18(21)29)12-8-3-2-4-11(8)30(24)19(22)26-12/h6-7,18,22H,2-5,24H2,1H3,(H2,23,25)(H,27,31)(H,32,33)/b22-19?,28-13-/t18-,21?/m0/s1. The van der Waals surface area contributed by atoms with E-state index in [9.17, 15) is 19.5 Å². The van der Waals surface area contributed by atoms with E-state index in [2.05, 4.69) is 20.4 Å². The molecular formula is C21H21N9O5S3. The number of aliphatic carboxylic acids is 1. The monoisotopic (exact) mass is 575 g/mol. The Morgan fingerprint density at radius 1 is 1.42 bits per heavy atom. The number of carboxylic acids is 1. The molecule has 0 saturated carbocycles. The number of thiazole rings is 1. The van der Waals surface area contributed by atoms with Gasteiger partial charge in [-0.15, -0.1) is 23.1 Å². The Hall–Kier alpha value is -3.83. The number of amides is 2. The first-order valence-corrected chi connectivity index (χ1v) is 13.5. The zero-order chi connectivity index (χ0) is 27.4. The van der Waals surface area contributed by atoms with Crippen LogP contribution in [0.3, 0.4) is 0 Å². The van der Waals surface area contributed by atoms with E-state index < -0.39 is 28.7 Å². The minimum atomic E-state index is -1.69. The molecule has 17 heteroatoms. The topological polar surface area (TPSA) is 215 Å². The number of oxime groups is 1. The first-order chi connectivity index (χ1) is 18.1. The minimum absolute atomic E-state index is 0.145. The van der Waals surface area contributed by atoms with Gasteiger partial charge in [0.05, 0.1) is 5.69 Å². The van der Waals surface area contributed by atoms with Gasteiger partial charge in [0.2, 0.25) is 5.62 Å². The molecule has 0 radical (unpaired) electrons. The number of nitrogens with zero attached hydrogens (tertiary/aromatic N) is 5. The SMILES string of the molecule is CO/N=C(\C(=O)NC1(C=S)C(=O)N2C(C(=O)O)=C(c3nc(=N)n(N)c4c3CCC4)CS[C@H]21)c1csc(N)n1. The lowest BCUT2D eigenvalue weighted by Crippen LogP contribution is -2.80. The van der Waals surface area contributed by atoms with Gasteiger partial charge in [-0.1, -0.05) is 17.4 Å². The van der Waals surface area contributed by atoms with Gasteiger partial charge >= 0.3 is 5.97 Å². The van der Waals surface area contributed by atoms with Crippen LogP contribution in [-0.4, -0.2) is 77.3 Å². The lowest BCUT2D eigenvalue weighted by atomic mass is 9.87. The number of carbonyl (C=O) groups excluding carboxylic acids is 2. The van der Waals surface area contributed by atoms with Gasteiger partial charge in [-0.2, -0.15) is 0 Å². The van der Waals surface area contributed by atoms with Crippen molar-refractivity contribution in [3.63, 3.8) is 0 Å². The first-order valence-electron chi connectivity index (χ1n) is 11.1. The molecule has 2 amide bonds. The van der Waals surface area contributed by atoms with E-state index in [1.807, 2.05) is 0 Å².